The molecule has 3 N–H and O–H groups in total. The minimum atomic E-state index is -0.974. The van der Waals surface area contributed by atoms with Crippen molar-refractivity contribution >= 4 is 18.4 Å². The molecule has 0 unspecified atom stereocenters. The molecule has 1 fully saturated rings. The van der Waals surface area contributed by atoms with Gasteiger partial charge in [0.2, 0.25) is 0 Å². The average molecular weight is 264 g/mol. The second kappa shape index (κ2) is 7.93. The second-order valence-corrected chi connectivity index (χ2v) is 5.27. The fraction of sp³-hybridized carbons (Fsp3) is 0.923. The lowest BCUT2D eigenvalue weighted by Crippen LogP contribution is -2.49. The monoisotopic (exact) mass is 263 g/mol. The van der Waals surface area contributed by atoms with Crippen LogP contribution in [0, 0.1) is 5.92 Å². The highest BCUT2D eigenvalue weighted by molar-refractivity contribution is 5.85. The van der Waals surface area contributed by atoms with Crippen LogP contribution >= 0.6 is 12.4 Å². The molecule has 1 rings (SSSR count). The first-order valence-electron chi connectivity index (χ1n) is 6.61. The Hall–Kier alpha value is -0.280. The second-order valence-electron chi connectivity index (χ2n) is 5.27. The molecule has 0 radical (unpaired) electrons. The van der Waals surface area contributed by atoms with Crippen molar-refractivity contribution in [3.8, 4) is 0 Å². The number of nitrogens with two attached hydrogens (primary N) is 1. The van der Waals surface area contributed by atoms with E-state index in [0.29, 0.717) is 18.8 Å². The first-order chi connectivity index (χ1) is 7.58. The van der Waals surface area contributed by atoms with E-state index in [1.807, 2.05) is 0 Å². The van der Waals surface area contributed by atoms with Gasteiger partial charge in [-0.05, 0) is 18.8 Å². The quantitative estimate of drug-likeness (QED) is 0.772. The van der Waals surface area contributed by atoms with E-state index in [-0.39, 0.29) is 12.4 Å². The zero-order valence-corrected chi connectivity index (χ0v) is 11.6. The van der Waals surface area contributed by atoms with Crippen molar-refractivity contribution in [3.05, 3.63) is 0 Å². The summed E-state index contributed by atoms with van der Waals surface area (Å²) in [5, 5.41) is 9.26. The fourth-order valence-electron chi connectivity index (χ4n) is 2.69. The van der Waals surface area contributed by atoms with Crippen molar-refractivity contribution in [1.82, 2.24) is 0 Å². The standard InChI is InChI=1S/C13H25NO2.ClH/c1-2-3-9-13(14,12(15)16)10-11-7-5-4-6-8-11;/h11H,2-10,14H2,1H3,(H,15,16);1H/t13-;/m1./s1. The fourth-order valence-corrected chi connectivity index (χ4v) is 2.69. The van der Waals surface area contributed by atoms with Crippen LogP contribution in [0.5, 0.6) is 0 Å². The first kappa shape index (κ1) is 16.7. The Morgan fingerprint density at radius 3 is 2.41 bits per heavy atom. The molecule has 0 amide bonds. The van der Waals surface area contributed by atoms with Gasteiger partial charge >= 0.3 is 5.97 Å². The molecular formula is C13H26ClNO2. The molecule has 0 heterocycles. The third-order valence-corrected chi connectivity index (χ3v) is 3.78. The molecule has 0 aromatic rings. The normalized spacial score (nSPS) is 20.4. The third kappa shape index (κ3) is 5.26. The zero-order chi connectivity index (χ0) is 12.0. The summed E-state index contributed by atoms with van der Waals surface area (Å²) >= 11 is 0. The van der Waals surface area contributed by atoms with Gasteiger partial charge in [-0.2, -0.15) is 0 Å². The van der Waals surface area contributed by atoms with Crippen LogP contribution in [0.15, 0.2) is 0 Å². The summed E-state index contributed by atoms with van der Waals surface area (Å²) < 4.78 is 0. The molecule has 17 heavy (non-hydrogen) atoms. The van der Waals surface area contributed by atoms with Crippen LogP contribution in [0.4, 0.5) is 0 Å². The summed E-state index contributed by atoms with van der Waals surface area (Å²) in [6, 6.07) is 0. The van der Waals surface area contributed by atoms with Crippen LogP contribution < -0.4 is 5.73 Å². The number of aliphatic carboxylic acids is 1. The minimum absolute atomic E-state index is 0. The van der Waals surface area contributed by atoms with Gasteiger partial charge in [0.25, 0.3) is 0 Å². The number of hydrogen-bond acceptors (Lipinski definition) is 2. The summed E-state index contributed by atoms with van der Waals surface area (Å²) in [6.07, 6.45) is 9.33. The molecule has 4 heteroatoms. The van der Waals surface area contributed by atoms with Gasteiger partial charge in [-0.3, -0.25) is 4.79 Å². The van der Waals surface area contributed by atoms with Crippen molar-refractivity contribution in [1.29, 1.82) is 0 Å². The molecule has 0 saturated heterocycles. The Balaban J connectivity index is 0.00000256. The smallest absolute Gasteiger partial charge is 0.323 e. The van der Waals surface area contributed by atoms with Crippen LogP contribution in [-0.4, -0.2) is 16.6 Å². The number of carbonyl (C=O) groups is 1. The van der Waals surface area contributed by atoms with Crippen LogP contribution in [-0.2, 0) is 4.79 Å². The summed E-state index contributed by atoms with van der Waals surface area (Å²) in [6.45, 7) is 2.07. The van der Waals surface area contributed by atoms with E-state index in [1.165, 1.54) is 32.1 Å². The van der Waals surface area contributed by atoms with Crippen LogP contribution in [0.2, 0.25) is 0 Å². The Morgan fingerprint density at radius 2 is 1.94 bits per heavy atom. The van der Waals surface area contributed by atoms with Gasteiger partial charge in [-0.25, -0.2) is 0 Å². The van der Waals surface area contributed by atoms with E-state index in [2.05, 4.69) is 6.92 Å². The summed E-state index contributed by atoms with van der Waals surface area (Å²) in [5.74, 6) is -0.279. The van der Waals surface area contributed by atoms with Crippen molar-refractivity contribution < 1.29 is 9.90 Å². The summed E-state index contributed by atoms with van der Waals surface area (Å²) in [7, 11) is 0. The predicted octanol–water partition coefficient (Wildman–Crippen LogP) is 3.35. The SMILES string of the molecule is CCCC[C@@](N)(CC1CCCCC1)C(=O)O.Cl. The Labute approximate surface area is 111 Å². The molecule has 102 valence electrons. The van der Waals surface area contributed by atoms with Crippen molar-refractivity contribution in [2.75, 3.05) is 0 Å². The van der Waals surface area contributed by atoms with Gasteiger partial charge in [0.1, 0.15) is 5.54 Å². The van der Waals surface area contributed by atoms with Crippen LogP contribution in [0.25, 0.3) is 0 Å². The van der Waals surface area contributed by atoms with Gasteiger partial charge in [0.05, 0.1) is 0 Å². The molecule has 1 aliphatic carbocycles. The highest BCUT2D eigenvalue weighted by Gasteiger charge is 2.35. The van der Waals surface area contributed by atoms with Gasteiger partial charge in [-0.1, -0.05) is 51.9 Å². The van der Waals surface area contributed by atoms with E-state index in [0.717, 1.165) is 12.8 Å². The van der Waals surface area contributed by atoms with Crippen LogP contribution in [0.3, 0.4) is 0 Å². The predicted molar refractivity (Wildman–Crippen MR) is 72.5 cm³/mol. The molecule has 1 saturated carbocycles. The summed E-state index contributed by atoms with van der Waals surface area (Å²) in [4.78, 5) is 11.3. The largest absolute Gasteiger partial charge is 0.480 e. The van der Waals surface area contributed by atoms with Gasteiger partial charge < -0.3 is 10.8 Å². The van der Waals surface area contributed by atoms with E-state index < -0.39 is 11.5 Å². The Bertz CT molecular complexity index is 229. The van der Waals surface area contributed by atoms with E-state index in [9.17, 15) is 9.90 Å². The number of halogens is 1. The third-order valence-electron chi connectivity index (χ3n) is 3.78. The highest BCUT2D eigenvalue weighted by atomic mass is 35.5. The highest BCUT2D eigenvalue weighted by Crippen LogP contribution is 2.31. The topological polar surface area (TPSA) is 63.3 Å². The zero-order valence-electron chi connectivity index (χ0n) is 10.8. The van der Waals surface area contributed by atoms with E-state index in [4.69, 9.17) is 5.73 Å². The number of carboxylic acid groups (broad SMARTS) is 1. The molecular weight excluding hydrogens is 238 g/mol. The lowest BCUT2D eigenvalue weighted by molar-refractivity contribution is -0.144. The molecule has 0 spiro atoms. The Morgan fingerprint density at radius 1 is 1.35 bits per heavy atom. The number of carboxylic acids is 1. The van der Waals surface area contributed by atoms with Gasteiger partial charge in [-0.15, -0.1) is 12.4 Å². The average Bonchev–Trinajstić information content (AvgIpc) is 2.27. The van der Waals surface area contributed by atoms with Crippen molar-refractivity contribution in [2.45, 2.75) is 70.3 Å². The number of rotatable bonds is 6. The maximum absolute atomic E-state index is 11.3. The van der Waals surface area contributed by atoms with Gasteiger partial charge in [0, 0.05) is 0 Å². The van der Waals surface area contributed by atoms with Crippen molar-refractivity contribution in [3.63, 3.8) is 0 Å². The molecule has 3 nitrogen and oxygen atoms in total. The molecule has 1 aliphatic rings. The van der Waals surface area contributed by atoms with Gasteiger partial charge in [0.15, 0.2) is 0 Å². The number of unbranched alkanes of at least 4 members (excludes halogenated alkanes) is 1. The molecule has 0 aromatic heterocycles. The number of hydrogen-bond donors (Lipinski definition) is 2. The molecule has 0 bridgehead atoms. The molecule has 1 atom stereocenters. The van der Waals surface area contributed by atoms with E-state index in [1.54, 1.807) is 0 Å². The minimum Gasteiger partial charge on any atom is -0.480 e. The first-order valence-corrected chi connectivity index (χ1v) is 6.61. The molecule has 0 aromatic carbocycles. The lowest BCUT2D eigenvalue weighted by atomic mass is 9.78. The van der Waals surface area contributed by atoms with Crippen LogP contribution in [0.1, 0.15) is 64.7 Å². The summed E-state index contributed by atoms with van der Waals surface area (Å²) in [5.41, 5.74) is 5.08. The van der Waals surface area contributed by atoms with Crippen molar-refractivity contribution in [2.24, 2.45) is 11.7 Å². The maximum atomic E-state index is 11.3. The maximum Gasteiger partial charge on any atom is 0.323 e. The van der Waals surface area contributed by atoms with E-state index >= 15 is 0 Å². The Kier molecular flexibility index (Phi) is 7.80. The molecule has 0 aliphatic heterocycles. The lowest BCUT2D eigenvalue weighted by Gasteiger charge is -2.31.